The quantitative estimate of drug-likeness (QED) is 0.785. The van der Waals surface area contributed by atoms with E-state index in [1.807, 2.05) is 11.3 Å². The van der Waals surface area contributed by atoms with Crippen molar-refractivity contribution in [1.29, 1.82) is 0 Å². The Kier molecular flexibility index (Phi) is 2.70. The van der Waals surface area contributed by atoms with Crippen molar-refractivity contribution >= 4 is 11.3 Å². The van der Waals surface area contributed by atoms with Gasteiger partial charge >= 0.3 is 0 Å². The van der Waals surface area contributed by atoms with E-state index in [1.165, 1.54) is 36.1 Å². The van der Waals surface area contributed by atoms with E-state index in [1.54, 1.807) is 0 Å². The number of nitrogens with two attached hydrogens (primary N) is 1. The van der Waals surface area contributed by atoms with Gasteiger partial charge in [-0.3, -0.25) is 0 Å². The van der Waals surface area contributed by atoms with E-state index < -0.39 is 0 Å². The predicted molar refractivity (Wildman–Crippen MR) is 58.1 cm³/mol. The minimum absolute atomic E-state index is 0.458. The SMILES string of the molecule is Cc1sccc1CCC(N)C1CC1. The van der Waals surface area contributed by atoms with Crippen LogP contribution in [0.25, 0.3) is 0 Å². The molecule has 1 saturated carbocycles. The summed E-state index contributed by atoms with van der Waals surface area (Å²) >= 11 is 1.84. The lowest BCUT2D eigenvalue weighted by Crippen LogP contribution is -2.22. The van der Waals surface area contributed by atoms with Crippen LogP contribution in [0.2, 0.25) is 0 Å². The first-order chi connectivity index (χ1) is 6.27. The minimum atomic E-state index is 0.458. The molecule has 1 fully saturated rings. The molecule has 1 heterocycles. The van der Waals surface area contributed by atoms with Crippen LogP contribution in [0.1, 0.15) is 29.7 Å². The molecule has 2 N–H and O–H groups in total. The zero-order valence-corrected chi connectivity index (χ0v) is 8.94. The van der Waals surface area contributed by atoms with E-state index in [2.05, 4.69) is 18.4 Å². The summed E-state index contributed by atoms with van der Waals surface area (Å²) in [5, 5.41) is 2.17. The van der Waals surface area contributed by atoms with Crippen LogP contribution in [0.5, 0.6) is 0 Å². The Morgan fingerprint density at radius 3 is 2.92 bits per heavy atom. The van der Waals surface area contributed by atoms with Crippen molar-refractivity contribution in [2.75, 3.05) is 0 Å². The molecule has 0 saturated heterocycles. The van der Waals surface area contributed by atoms with Gasteiger partial charge in [-0.25, -0.2) is 0 Å². The van der Waals surface area contributed by atoms with E-state index >= 15 is 0 Å². The maximum absolute atomic E-state index is 6.05. The summed E-state index contributed by atoms with van der Waals surface area (Å²) in [7, 11) is 0. The molecule has 1 aliphatic carbocycles. The second-order valence-corrected chi connectivity index (χ2v) is 5.16. The molecule has 0 aliphatic heterocycles. The molecule has 0 spiro atoms. The van der Waals surface area contributed by atoms with Crippen molar-refractivity contribution in [3.63, 3.8) is 0 Å². The van der Waals surface area contributed by atoms with Gasteiger partial charge in [-0.1, -0.05) is 0 Å². The molecule has 0 radical (unpaired) electrons. The van der Waals surface area contributed by atoms with Gasteiger partial charge in [-0.05, 0) is 55.5 Å². The summed E-state index contributed by atoms with van der Waals surface area (Å²) in [6.45, 7) is 2.20. The summed E-state index contributed by atoms with van der Waals surface area (Å²) in [6.07, 6.45) is 5.07. The van der Waals surface area contributed by atoms with E-state index in [0.29, 0.717) is 6.04 Å². The predicted octanol–water partition coefficient (Wildman–Crippen LogP) is 2.73. The number of rotatable bonds is 4. The molecule has 1 unspecified atom stereocenters. The summed E-state index contributed by atoms with van der Waals surface area (Å²) in [4.78, 5) is 1.46. The van der Waals surface area contributed by atoms with Crippen molar-refractivity contribution in [2.24, 2.45) is 11.7 Å². The molecule has 72 valence electrons. The van der Waals surface area contributed by atoms with Gasteiger partial charge in [0.1, 0.15) is 0 Å². The zero-order valence-electron chi connectivity index (χ0n) is 8.12. The zero-order chi connectivity index (χ0) is 9.26. The molecule has 0 bridgehead atoms. The summed E-state index contributed by atoms with van der Waals surface area (Å²) in [5.41, 5.74) is 7.55. The maximum atomic E-state index is 6.05. The Bertz CT molecular complexity index is 275. The van der Waals surface area contributed by atoms with E-state index in [4.69, 9.17) is 5.73 Å². The molecule has 0 amide bonds. The number of hydrogen-bond acceptors (Lipinski definition) is 2. The first kappa shape index (κ1) is 9.22. The Balaban J connectivity index is 1.81. The van der Waals surface area contributed by atoms with Crippen molar-refractivity contribution < 1.29 is 0 Å². The molecule has 1 atom stereocenters. The molecule has 13 heavy (non-hydrogen) atoms. The second-order valence-electron chi connectivity index (χ2n) is 4.04. The Morgan fingerprint density at radius 2 is 2.38 bits per heavy atom. The first-order valence-corrected chi connectivity index (χ1v) is 5.94. The fraction of sp³-hybridized carbons (Fsp3) is 0.636. The van der Waals surface area contributed by atoms with Gasteiger partial charge in [-0.2, -0.15) is 0 Å². The summed E-state index contributed by atoms with van der Waals surface area (Å²) in [5.74, 6) is 0.846. The van der Waals surface area contributed by atoms with E-state index in [-0.39, 0.29) is 0 Å². The fourth-order valence-electron chi connectivity index (χ4n) is 1.75. The molecule has 1 nitrogen and oxygen atoms in total. The highest BCUT2D eigenvalue weighted by Crippen LogP contribution is 2.33. The van der Waals surface area contributed by atoms with Gasteiger partial charge in [0.2, 0.25) is 0 Å². The Morgan fingerprint density at radius 1 is 1.62 bits per heavy atom. The van der Waals surface area contributed by atoms with Crippen molar-refractivity contribution in [3.05, 3.63) is 21.9 Å². The largest absolute Gasteiger partial charge is 0.327 e. The lowest BCUT2D eigenvalue weighted by atomic mass is 10.0. The molecular formula is C11H17NS. The molecule has 2 rings (SSSR count). The minimum Gasteiger partial charge on any atom is -0.327 e. The maximum Gasteiger partial charge on any atom is 0.00703 e. The molecular weight excluding hydrogens is 178 g/mol. The number of thiophene rings is 1. The van der Waals surface area contributed by atoms with Crippen LogP contribution < -0.4 is 5.73 Å². The van der Waals surface area contributed by atoms with Crippen molar-refractivity contribution in [3.8, 4) is 0 Å². The third-order valence-electron chi connectivity index (χ3n) is 2.94. The molecule has 2 heteroatoms. The monoisotopic (exact) mass is 195 g/mol. The van der Waals surface area contributed by atoms with Gasteiger partial charge in [0.15, 0.2) is 0 Å². The lowest BCUT2D eigenvalue weighted by Gasteiger charge is -2.09. The highest BCUT2D eigenvalue weighted by molar-refractivity contribution is 7.10. The van der Waals surface area contributed by atoms with Crippen LogP contribution in [-0.2, 0) is 6.42 Å². The van der Waals surface area contributed by atoms with Crippen LogP contribution in [0.4, 0.5) is 0 Å². The van der Waals surface area contributed by atoms with E-state index in [0.717, 1.165) is 5.92 Å². The number of aryl methyl sites for hydroxylation is 2. The number of hydrogen-bond donors (Lipinski definition) is 1. The average Bonchev–Trinajstić information content (AvgIpc) is 2.88. The van der Waals surface area contributed by atoms with Gasteiger partial charge in [0.25, 0.3) is 0 Å². The third-order valence-corrected chi connectivity index (χ3v) is 3.83. The van der Waals surface area contributed by atoms with Gasteiger partial charge in [0, 0.05) is 10.9 Å². The molecule has 1 aromatic rings. The Hall–Kier alpha value is -0.340. The highest BCUT2D eigenvalue weighted by Gasteiger charge is 2.27. The smallest absolute Gasteiger partial charge is 0.00703 e. The third kappa shape index (κ3) is 2.32. The van der Waals surface area contributed by atoms with Crippen molar-refractivity contribution in [2.45, 2.75) is 38.6 Å². The van der Waals surface area contributed by atoms with Crippen LogP contribution in [0.15, 0.2) is 11.4 Å². The molecule has 1 aromatic heterocycles. The van der Waals surface area contributed by atoms with Gasteiger partial charge in [0.05, 0.1) is 0 Å². The van der Waals surface area contributed by atoms with Crippen LogP contribution in [-0.4, -0.2) is 6.04 Å². The van der Waals surface area contributed by atoms with Crippen LogP contribution >= 0.6 is 11.3 Å². The average molecular weight is 195 g/mol. The standard InChI is InChI=1S/C11H17NS/c1-8-9(6-7-13-8)4-5-11(12)10-2-3-10/h6-7,10-11H,2-5,12H2,1H3. The van der Waals surface area contributed by atoms with Crippen LogP contribution in [0.3, 0.4) is 0 Å². The summed E-state index contributed by atoms with van der Waals surface area (Å²) < 4.78 is 0. The highest BCUT2D eigenvalue weighted by atomic mass is 32.1. The molecule has 1 aliphatic rings. The molecule has 0 aromatic carbocycles. The lowest BCUT2D eigenvalue weighted by molar-refractivity contribution is 0.550. The normalized spacial score (nSPS) is 18.9. The van der Waals surface area contributed by atoms with Crippen LogP contribution in [0, 0.1) is 12.8 Å². The topological polar surface area (TPSA) is 26.0 Å². The summed E-state index contributed by atoms with van der Waals surface area (Å²) in [6, 6.07) is 2.69. The van der Waals surface area contributed by atoms with E-state index in [9.17, 15) is 0 Å². The van der Waals surface area contributed by atoms with Gasteiger partial charge < -0.3 is 5.73 Å². The Labute approximate surface area is 84.0 Å². The fourth-order valence-corrected chi connectivity index (χ4v) is 2.51. The first-order valence-electron chi connectivity index (χ1n) is 5.06. The van der Waals surface area contributed by atoms with Gasteiger partial charge in [-0.15, -0.1) is 11.3 Å². The second kappa shape index (κ2) is 3.81. The van der Waals surface area contributed by atoms with Crippen molar-refractivity contribution in [1.82, 2.24) is 0 Å².